The molecule has 91 valence electrons. The second-order valence-electron chi connectivity index (χ2n) is 4.19. The smallest absolute Gasteiger partial charge is 0.242 e. The minimum Gasteiger partial charge on any atom is -0.390 e. The molecule has 0 bridgehead atoms. The second kappa shape index (κ2) is 4.68. The zero-order valence-corrected chi connectivity index (χ0v) is 9.28. The highest BCUT2D eigenvalue weighted by Gasteiger charge is 2.37. The largest absolute Gasteiger partial charge is 0.390 e. The van der Waals surface area contributed by atoms with E-state index in [-0.39, 0.29) is 6.04 Å². The first-order chi connectivity index (χ1) is 8.09. The van der Waals surface area contributed by atoms with Gasteiger partial charge in [-0.15, -0.1) is 0 Å². The molecule has 3 atom stereocenters. The van der Waals surface area contributed by atoms with Crippen LogP contribution in [-0.4, -0.2) is 40.7 Å². The molecule has 6 nitrogen and oxygen atoms in total. The molecule has 0 spiro atoms. The molecule has 1 amide bonds. The van der Waals surface area contributed by atoms with E-state index in [0.717, 1.165) is 0 Å². The van der Waals surface area contributed by atoms with Crippen LogP contribution in [0, 0.1) is 6.07 Å². The maximum Gasteiger partial charge on any atom is 0.242 e. The molecule has 3 unspecified atom stereocenters. The number of aliphatic hydroxyl groups excluding tert-OH is 1. The molecule has 6 heteroatoms. The van der Waals surface area contributed by atoms with Crippen LogP contribution in [0.4, 0.5) is 5.69 Å². The molecular weight excluding hydrogens is 220 g/mol. The predicted molar refractivity (Wildman–Crippen MR) is 62.0 cm³/mol. The third-order valence-corrected chi connectivity index (χ3v) is 2.88. The van der Waals surface area contributed by atoms with Gasteiger partial charge in [0, 0.05) is 36.7 Å². The van der Waals surface area contributed by atoms with Crippen LogP contribution in [0.3, 0.4) is 0 Å². The van der Waals surface area contributed by atoms with Crippen LogP contribution in [0.1, 0.15) is 6.42 Å². The predicted octanol–water partition coefficient (Wildman–Crippen LogP) is -1.37. The maximum atomic E-state index is 11.4. The Balaban J connectivity index is 2.31. The zero-order valence-electron chi connectivity index (χ0n) is 9.28. The number of rotatable bonds is 2. The van der Waals surface area contributed by atoms with E-state index in [1.54, 1.807) is 17.2 Å². The summed E-state index contributed by atoms with van der Waals surface area (Å²) in [4.78, 5) is 16.9. The van der Waals surface area contributed by atoms with Crippen molar-refractivity contribution in [2.75, 3.05) is 11.4 Å². The van der Waals surface area contributed by atoms with Gasteiger partial charge in [-0.2, -0.15) is 0 Å². The number of amides is 1. The molecule has 0 aliphatic carbocycles. The average Bonchev–Trinajstić information content (AvgIpc) is 2.28. The Bertz CT molecular complexity index is 398. The molecule has 1 radical (unpaired) electrons. The van der Waals surface area contributed by atoms with Crippen molar-refractivity contribution in [3.05, 3.63) is 24.5 Å². The summed E-state index contributed by atoms with van der Waals surface area (Å²) in [6.45, 7) is 0.463. The Morgan fingerprint density at radius 2 is 2.41 bits per heavy atom. The van der Waals surface area contributed by atoms with Crippen LogP contribution in [0.25, 0.3) is 0 Å². The van der Waals surface area contributed by atoms with Gasteiger partial charge in [0.1, 0.15) is 6.04 Å². The van der Waals surface area contributed by atoms with Crippen molar-refractivity contribution < 1.29 is 9.90 Å². The lowest BCUT2D eigenvalue weighted by molar-refractivity contribution is -0.122. The number of anilines is 1. The van der Waals surface area contributed by atoms with Crippen molar-refractivity contribution in [2.24, 2.45) is 11.5 Å². The Morgan fingerprint density at radius 3 is 3.00 bits per heavy atom. The first-order valence-corrected chi connectivity index (χ1v) is 5.41. The molecule has 1 fully saturated rings. The minimum atomic E-state index is -0.849. The lowest BCUT2D eigenvalue weighted by Crippen LogP contribution is -2.60. The molecule has 0 aromatic carbocycles. The number of piperidine rings is 1. The third kappa shape index (κ3) is 2.37. The van der Waals surface area contributed by atoms with Gasteiger partial charge < -0.3 is 21.5 Å². The van der Waals surface area contributed by atoms with Gasteiger partial charge in [-0.3, -0.25) is 9.78 Å². The fourth-order valence-electron chi connectivity index (χ4n) is 2.17. The van der Waals surface area contributed by atoms with Gasteiger partial charge in [0.15, 0.2) is 0 Å². The van der Waals surface area contributed by atoms with E-state index in [1.165, 1.54) is 6.20 Å². The summed E-state index contributed by atoms with van der Waals surface area (Å²) in [5.74, 6) is -0.561. The number of aromatic nitrogens is 1. The monoisotopic (exact) mass is 235 g/mol. The molecule has 17 heavy (non-hydrogen) atoms. The number of nitrogens with zero attached hydrogens (tertiary/aromatic N) is 2. The number of hydrogen-bond donors (Lipinski definition) is 3. The van der Waals surface area contributed by atoms with Crippen LogP contribution in [0.15, 0.2) is 18.5 Å². The topological polar surface area (TPSA) is 105 Å². The van der Waals surface area contributed by atoms with Crippen molar-refractivity contribution in [3.63, 3.8) is 0 Å². The average molecular weight is 235 g/mol. The van der Waals surface area contributed by atoms with Gasteiger partial charge in [-0.1, -0.05) is 0 Å². The summed E-state index contributed by atoms with van der Waals surface area (Å²) < 4.78 is 0. The summed E-state index contributed by atoms with van der Waals surface area (Å²) in [7, 11) is 0. The molecule has 2 rings (SSSR count). The third-order valence-electron chi connectivity index (χ3n) is 2.88. The summed E-state index contributed by atoms with van der Waals surface area (Å²) in [5.41, 5.74) is 11.8. The van der Waals surface area contributed by atoms with Crippen LogP contribution < -0.4 is 16.4 Å². The molecule has 1 aromatic rings. The number of hydrogen-bond acceptors (Lipinski definition) is 5. The normalized spacial score (nSPS) is 29.1. The van der Waals surface area contributed by atoms with Gasteiger partial charge in [0.05, 0.1) is 6.10 Å². The number of pyridine rings is 1. The van der Waals surface area contributed by atoms with E-state index < -0.39 is 18.1 Å². The molecule has 1 aromatic heterocycles. The highest BCUT2D eigenvalue weighted by atomic mass is 16.3. The minimum absolute atomic E-state index is 0.192. The van der Waals surface area contributed by atoms with E-state index in [9.17, 15) is 9.90 Å². The van der Waals surface area contributed by atoms with Crippen LogP contribution in [0.2, 0.25) is 0 Å². The van der Waals surface area contributed by atoms with Crippen LogP contribution >= 0.6 is 0 Å². The van der Waals surface area contributed by atoms with Crippen molar-refractivity contribution in [3.8, 4) is 0 Å². The van der Waals surface area contributed by atoms with E-state index in [2.05, 4.69) is 11.1 Å². The van der Waals surface area contributed by atoms with Gasteiger partial charge in [0.25, 0.3) is 0 Å². The van der Waals surface area contributed by atoms with Crippen molar-refractivity contribution in [1.29, 1.82) is 0 Å². The SMILES string of the molecule is NC(=O)C1C(O)CC(N)CN1c1[c]cncc1. The number of primary amides is 1. The summed E-state index contributed by atoms with van der Waals surface area (Å²) >= 11 is 0. The molecule has 0 saturated carbocycles. The first-order valence-electron chi connectivity index (χ1n) is 5.41. The first kappa shape index (κ1) is 11.8. The fourth-order valence-corrected chi connectivity index (χ4v) is 2.17. The zero-order chi connectivity index (χ0) is 12.4. The highest BCUT2D eigenvalue weighted by molar-refractivity contribution is 5.84. The molecule has 1 aliphatic rings. The van der Waals surface area contributed by atoms with Crippen molar-refractivity contribution >= 4 is 11.6 Å². The van der Waals surface area contributed by atoms with Gasteiger partial charge in [-0.25, -0.2) is 0 Å². The van der Waals surface area contributed by atoms with Gasteiger partial charge in [-0.05, 0) is 12.5 Å². The molecule has 1 saturated heterocycles. The number of carbonyl (C=O) groups excluding carboxylic acids is 1. The Labute approximate surface area is 99.2 Å². The maximum absolute atomic E-state index is 11.4. The number of carbonyl (C=O) groups is 1. The molecule has 1 aliphatic heterocycles. The van der Waals surface area contributed by atoms with E-state index in [1.807, 2.05) is 0 Å². The lowest BCUT2D eigenvalue weighted by Gasteiger charge is -2.41. The highest BCUT2D eigenvalue weighted by Crippen LogP contribution is 2.23. The van der Waals surface area contributed by atoms with Crippen molar-refractivity contribution in [1.82, 2.24) is 4.98 Å². The summed E-state index contributed by atoms with van der Waals surface area (Å²) in [6, 6.07) is 3.66. The van der Waals surface area contributed by atoms with E-state index in [4.69, 9.17) is 11.5 Å². The second-order valence-corrected chi connectivity index (χ2v) is 4.19. The van der Waals surface area contributed by atoms with Crippen LogP contribution in [-0.2, 0) is 4.79 Å². The van der Waals surface area contributed by atoms with Crippen molar-refractivity contribution in [2.45, 2.75) is 24.6 Å². The quantitative estimate of drug-likeness (QED) is 0.586. The fraction of sp³-hybridized carbons (Fsp3) is 0.455. The Kier molecular flexibility index (Phi) is 3.26. The van der Waals surface area contributed by atoms with Crippen LogP contribution in [0.5, 0.6) is 0 Å². The Hall–Kier alpha value is -1.66. The van der Waals surface area contributed by atoms with Gasteiger partial charge in [0.2, 0.25) is 5.91 Å². The standard InChI is InChI=1S/C11H15N4O2/c12-7-5-9(16)10(11(13)17)15(6-7)8-1-3-14-4-2-8/h1,3-4,7,9-10,16H,5-6,12H2,(H2,13,17). The number of nitrogens with two attached hydrogens (primary N) is 2. The molecule has 5 N–H and O–H groups in total. The summed E-state index contributed by atoms with van der Waals surface area (Å²) in [6.07, 6.45) is 2.61. The molecule has 2 heterocycles. The van der Waals surface area contributed by atoms with E-state index in [0.29, 0.717) is 18.7 Å². The van der Waals surface area contributed by atoms with Gasteiger partial charge >= 0.3 is 0 Å². The number of aliphatic hydroxyl groups is 1. The summed E-state index contributed by atoms with van der Waals surface area (Å²) in [5, 5.41) is 9.89. The Morgan fingerprint density at radius 1 is 1.65 bits per heavy atom. The lowest BCUT2D eigenvalue weighted by atomic mass is 9.94. The molecular formula is C11H15N4O2. The van der Waals surface area contributed by atoms with E-state index >= 15 is 0 Å².